The van der Waals surface area contributed by atoms with Gasteiger partial charge in [-0.3, -0.25) is 9.35 Å². The maximum atomic E-state index is 11.3. The fraction of sp³-hybridized carbons (Fsp3) is 0.0714. The summed E-state index contributed by atoms with van der Waals surface area (Å²) in [7, 11) is -4.24. The Labute approximate surface area is 111 Å². The van der Waals surface area contributed by atoms with Crippen molar-refractivity contribution in [3.05, 3.63) is 75.9 Å². The molecule has 0 aliphatic carbocycles. The molecular weight excluding hydrogens is 264 g/mol. The van der Waals surface area contributed by atoms with Crippen molar-refractivity contribution in [2.75, 3.05) is 0 Å². The molecule has 2 rings (SSSR count). The molecule has 0 fully saturated rings. The van der Waals surface area contributed by atoms with E-state index in [4.69, 9.17) is 4.55 Å². The highest BCUT2D eigenvalue weighted by atomic mass is 32.2. The van der Waals surface area contributed by atoms with Crippen LogP contribution in [0.2, 0.25) is 0 Å². The van der Waals surface area contributed by atoms with Crippen LogP contribution in [-0.4, -0.2) is 13.0 Å². The van der Waals surface area contributed by atoms with Gasteiger partial charge in [0.05, 0.1) is 4.90 Å². The molecule has 0 bridgehead atoms. The number of hydrogen-bond donors (Lipinski definition) is 1. The minimum atomic E-state index is -4.24. The molecule has 0 aromatic heterocycles. The van der Waals surface area contributed by atoms with E-state index in [1.807, 2.05) is 0 Å². The van der Waals surface area contributed by atoms with Crippen LogP contribution in [0.3, 0.4) is 0 Å². The highest BCUT2D eigenvalue weighted by Crippen LogP contribution is 2.18. The van der Waals surface area contributed by atoms with E-state index in [-0.39, 0.29) is 10.3 Å². The van der Waals surface area contributed by atoms with Gasteiger partial charge in [0.2, 0.25) is 0 Å². The summed E-state index contributed by atoms with van der Waals surface area (Å²) in [4.78, 5) is 11.1. The van der Waals surface area contributed by atoms with Crippen molar-refractivity contribution in [2.24, 2.45) is 0 Å². The van der Waals surface area contributed by atoms with Crippen LogP contribution in [0.4, 0.5) is 0 Å². The molecule has 4 nitrogen and oxygen atoms in total. The zero-order chi connectivity index (χ0) is 13.9. The van der Waals surface area contributed by atoms with Gasteiger partial charge in [0.1, 0.15) is 0 Å². The maximum Gasteiger partial charge on any atom is 0.294 e. The smallest absolute Gasteiger partial charge is 0.290 e. The summed E-state index contributed by atoms with van der Waals surface area (Å²) in [5.41, 5.74) is 1.16. The van der Waals surface area contributed by atoms with E-state index < -0.39 is 10.1 Å². The average Bonchev–Trinajstić information content (AvgIpc) is 2.54. The van der Waals surface area contributed by atoms with E-state index >= 15 is 0 Å². The Morgan fingerprint density at radius 3 is 2.37 bits per heavy atom. The van der Waals surface area contributed by atoms with E-state index in [2.05, 4.69) is 0 Å². The van der Waals surface area contributed by atoms with E-state index in [0.717, 1.165) is 5.56 Å². The summed E-state index contributed by atoms with van der Waals surface area (Å²) in [6.45, 7) is 0. The monoisotopic (exact) mass is 276 g/mol. The highest BCUT2D eigenvalue weighted by molar-refractivity contribution is 7.85. The van der Waals surface area contributed by atoms with Crippen molar-refractivity contribution < 1.29 is 13.0 Å². The minimum absolute atomic E-state index is 0.108. The first kappa shape index (κ1) is 13.5. The number of benzene rings is 1. The zero-order valence-corrected chi connectivity index (χ0v) is 10.8. The average molecular weight is 276 g/mol. The van der Waals surface area contributed by atoms with E-state index in [1.165, 1.54) is 18.2 Å². The van der Waals surface area contributed by atoms with Gasteiger partial charge >= 0.3 is 0 Å². The fourth-order valence-electron chi connectivity index (χ4n) is 1.81. The first-order valence-corrected chi connectivity index (χ1v) is 7.05. The Bertz CT molecular complexity index is 751. The van der Waals surface area contributed by atoms with Crippen LogP contribution in [0.15, 0.2) is 64.3 Å². The molecule has 0 saturated heterocycles. The predicted octanol–water partition coefficient (Wildman–Crippen LogP) is 1.88. The van der Waals surface area contributed by atoms with Gasteiger partial charge in [-0.25, -0.2) is 0 Å². The molecule has 0 spiro atoms. The van der Waals surface area contributed by atoms with Crippen LogP contribution < -0.4 is 5.43 Å². The Balaban J connectivity index is 2.45. The van der Waals surface area contributed by atoms with Crippen molar-refractivity contribution in [3.8, 4) is 0 Å². The van der Waals surface area contributed by atoms with Crippen LogP contribution in [0.1, 0.15) is 11.1 Å². The second kappa shape index (κ2) is 5.34. The van der Waals surface area contributed by atoms with E-state index in [1.54, 1.807) is 36.4 Å². The standard InChI is InChI=1S/C14H12O4S/c15-13-6-3-4-11(8-9-13)10-12-5-1-2-7-14(12)19(16,17)18/h1-9H,10H2,(H,16,17,18). The third-order valence-electron chi connectivity index (χ3n) is 2.68. The highest BCUT2D eigenvalue weighted by Gasteiger charge is 2.14. The van der Waals surface area contributed by atoms with Crippen molar-refractivity contribution >= 4 is 10.1 Å². The quantitative estimate of drug-likeness (QED) is 0.869. The van der Waals surface area contributed by atoms with Gasteiger partial charge in [-0.1, -0.05) is 36.4 Å². The molecule has 2 aromatic rings. The molecule has 0 radical (unpaired) electrons. The zero-order valence-electron chi connectivity index (χ0n) is 9.98. The van der Waals surface area contributed by atoms with Crippen LogP contribution in [0.25, 0.3) is 0 Å². The topological polar surface area (TPSA) is 71.4 Å². The molecule has 5 heteroatoms. The normalized spacial score (nSPS) is 11.2. The van der Waals surface area contributed by atoms with E-state index in [9.17, 15) is 13.2 Å². The van der Waals surface area contributed by atoms with Crippen molar-refractivity contribution in [1.29, 1.82) is 0 Å². The van der Waals surface area contributed by atoms with Gasteiger partial charge < -0.3 is 0 Å². The first-order chi connectivity index (χ1) is 8.97. The summed E-state index contributed by atoms with van der Waals surface area (Å²) >= 11 is 0. The van der Waals surface area contributed by atoms with Crippen LogP contribution in [-0.2, 0) is 16.5 Å². The molecule has 0 aliphatic rings. The lowest BCUT2D eigenvalue weighted by Gasteiger charge is -2.05. The molecule has 0 unspecified atom stereocenters. The van der Waals surface area contributed by atoms with E-state index in [0.29, 0.717) is 12.0 Å². The van der Waals surface area contributed by atoms with Crippen LogP contribution >= 0.6 is 0 Å². The lowest BCUT2D eigenvalue weighted by Crippen LogP contribution is -2.03. The molecule has 1 N–H and O–H groups in total. The number of rotatable bonds is 3. The molecule has 0 saturated carbocycles. The number of hydrogen-bond acceptors (Lipinski definition) is 3. The molecule has 0 amide bonds. The third kappa shape index (κ3) is 3.49. The third-order valence-corrected chi connectivity index (χ3v) is 3.63. The van der Waals surface area contributed by atoms with Gasteiger partial charge in [-0.2, -0.15) is 8.42 Å². The van der Waals surface area contributed by atoms with Crippen LogP contribution in [0.5, 0.6) is 0 Å². The summed E-state index contributed by atoms with van der Waals surface area (Å²) in [6, 6.07) is 14.1. The molecule has 0 aliphatic heterocycles. The summed E-state index contributed by atoms with van der Waals surface area (Å²) < 4.78 is 31.7. The SMILES string of the molecule is O=c1cccc(Cc2ccccc2S(=O)(=O)O)cc1. The summed E-state index contributed by atoms with van der Waals surface area (Å²) in [5.74, 6) is 0. The van der Waals surface area contributed by atoms with Gasteiger partial charge in [0.25, 0.3) is 10.1 Å². The van der Waals surface area contributed by atoms with Gasteiger partial charge in [-0.05, 0) is 35.7 Å². The molecule has 0 atom stereocenters. The second-order valence-corrected chi connectivity index (χ2v) is 5.49. The van der Waals surface area contributed by atoms with Gasteiger partial charge in [0.15, 0.2) is 5.43 Å². The summed E-state index contributed by atoms with van der Waals surface area (Å²) in [5, 5.41) is 0. The molecule has 2 aromatic carbocycles. The van der Waals surface area contributed by atoms with Gasteiger partial charge in [-0.15, -0.1) is 0 Å². The maximum absolute atomic E-state index is 11.3. The summed E-state index contributed by atoms with van der Waals surface area (Å²) in [6.07, 6.45) is 0.323. The Morgan fingerprint density at radius 1 is 0.895 bits per heavy atom. The Hall–Kier alpha value is -1.98. The van der Waals surface area contributed by atoms with Crippen molar-refractivity contribution in [2.45, 2.75) is 11.3 Å². The first-order valence-electron chi connectivity index (χ1n) is 5.61. The largest absolute Gasteiger partial charge is 0.294 e. The fourth-order valence-corrected chi connectivity index (χ4v) is 2.53. The Kier molecular flexibility index (Phi) is 3.78. The molecule has 98 valence electrons. The lowest BCUT2D eigenvalue weighted by molar-refractivity contribution is 0.482. The second-order valence-electron chi connectivity index (χ2n) is 4.10. The van der Waals surface area contributed by atoms with Crippen molar-refractivity contribution in [1.82, 2.24) is 0 Å². The minimum Gasteiger partial charge on any atom is -0.290 e. The lowest BCUT2D eigenvalue weighted by atomic mass is 10.1. The molecule has 0 heterocycles. The van der Waals surface area contributed by atoms with Gasteiger partial charge in [0, 0.05) is 0 Å². The molecule has 19 heavy (non-hydrogen) atoms. The van der Waals surface area contributed by atoms with Crippen LogP contribution in [0, 0.1) is 0 Å². The molecular formula is C14H12O4S. The van der Waals surface area contributed by atoms with Crippen molar-refractivity contribution in [3.63, 3.8) is 0 Å². The predicted molar refractivity (Wildman–Crippen MR) is 71.8 cm³/mol. The Morgan fingerprint density at radius 2 is 1.63 bits per heavy atom.